The molecule has 0 amide bonds. The Morgan fingerprint density at radius 2 is 1.74 bits per heavy atom. The summed E-state index contributed by atoms with van der Waals surface area (Å²) in [5, 5.41) is 40.5. The van der Waals surface area contributed by atoms with E-state index >= 15 is 0 Å². The van der Waals surface area contributed by atoms with Crippen molar-refractivity contribution in [1.29, 1.82) is 0 Å². The van der Waals surface area contributed by atoms with Gasteiger partial charge in [0.2, 0.25) is 5.79 Å². The molecule has 2 aromatic rings. The normalized spacial score (nSPS) is 30.6. The van der Waals surface area contributed by atoms with Crippen molar-refractivity contribution in [2.75, 3.05) is 6.61 Å². The van der Waals surface area contributed by atoms with Crippen LogP contribution < -0.4 is 0 Å². The van der Waals surface area contributed by atoms with Gasteiger partial charge in [-0.05, 0) is 53.8 Å². The van der Waals surface area contributed by atoms with Crippen molar-refractivity contribution in [2.24, 2.45) is 0 Å². The van der Waals surface area contributed by atoms with Crippen molar-refractivity contribution >= 4 is 0 Å². The van der Waals surface area contributed by atoms with E-state index in [2.05, 4.69) is 0 Å². The predicted octanol–water partition coefficient (Wildman–Crippen LogP) is 1.76. The molecule has 0 saturated carbocycles. The fraction of sp³-hybridized carbons (Fsp3) is 0.455. The summed E-state index contributed by atoms with van der Waals surface area (Å²) in [6.45, 7) is 1.36. The minimum Gasteiger partial charge on any atom is -0.394 e. The van der Waals surface area contributed by atoms with Crippen LogP contribution in [0.3, 0.4) is 0 Å². The van der Waals surface area contributed by atoms with Gasteiger partial charge in [-0.2, -0.15) is 13.2 Å². The number of aryl methyl sites for hydroxylation is 1. The molecule has 1 saturated heterocycles. The molecule has 1 unspecified atom stereocenters. The van der Waals surface area contributed by atoms with Crippen LogP contribution in [0.2, 0.25) is 0 Å². The van der Waals surface area contributed by atoms with Gasteiger partial charge in [0, 0.05) is 5.56 Å². The van der Waals surface area contributed by atoms with Crippen LogP contribution in [0, 0.1) is 6.92 Å². The molecular weight excluding hydrogens is 417 g/mol. The number of benzene rings is 2. The SMILES string of the molecule is Cc1cc2c(cc1Cc1ccc(C(F)(F)F)cc1)C1(OC2)O[C@H](CO)[C@@H](O)[C@H](O)[C@H]1O. The fourth-order valence-electron chi connectivity index (χ4n) is 4.22. The quantitative estimate of drug-likeness (QED) is 0.581. The Morgan fingerprint density at radius 1 is 1.06 bits per heavy atom. The second kappa shape index (κ2) is 7.84. The minimum absolute atomic E-state index is 0.0920. The highest BCUT2D eigenvalue weighted by Crippen LogP contribution is 2.46. The van der Waals surface area contributed by atoms with Crippen molar-refractivity contribution < 1.29 is 43.1 Å². The number of hydrogen-bond acceptors (Lipinski definition) is 6. The van der Waals surface area contributed by atoms with Crippen molar-refractivity contribution in [3.8, 4) is 0 Å². The number of aliphatic hydroxyl groups is 4. The van der Waals surface area contributed by atoms with Gasteiger partial charge in [0.1, 0.15) is 24.4 Å². The van der Waals surface area contributed by atoms with Crippen LogP contribution in [0.1, 0.15) is 33.4 Å². The van der Waals surface area contributed by atoms with Gasteiger partial charge in [-0.15, -0.1) is 0 Å². The molecule has 9 heteroatoms. The van der Waals surface area contributed by atoms with Gasteiger partial charge in [-0.3, -0.25) is 0 Å². The summed E-state index contributed by atoms with van der Waals surface area (Å²) in [6.07, 6.45) is -9.93. The number of halogens is 3. The molecule has 1 spiro atoms. The summed E-state index contributed by atoms with van der Waals surface area (Å²) in [7, 11) is 0. The molecule has 0 bridgehead atoms. The van der Waals surface area contributed by atoms with Gasteiger partial charge in [-0.25, -0.2) is 0 Å². The first-order valence-corrected chi connectivity index (χ1v) is 9.82. The van der Waals surface area contributed by atoms with E-state index in [0.717, 1.165) is 23.3 Å². The summed E-state index contributed by atoms with van der Waals surface area (Å²) < 4.78 is 49.9. The molecule has 5 atom stereocenters. The molecule has 0 aromatic heterocycles. The van der Waals surface area contributed by atoms with Crippen molar-refractivity contribution in [1.82, 2.24) is 0 Å². The fourth-order valence-corrected chi connectivity index (χ4v) is 4.22. The molecule has 4 rings (SSSR count). The zero-order valence-corrected chi connectivity index (χ0v) is 16.6. The third kappa shape index (κ3) is 3.75. The van der Waals surface area contributed by atoms with Crippen molar-refractivity contribution in [3.05, 3.63) is 69.8 Å². The summed E-state index contributed by atoms with van der Waals surface area (Å²) in [6, 6.07) is 8.45. The van der Waals surface area contributed by atoms with Crippen LogP contribution in [-0.4, -0.2) is 51.4 Å². The molecule has 0 radical (unpaired) electrons. The standard InChI is InChI=1S/C22H23F3O6/c1-11-6-14-10-30-21(20(29)19(28)18(27)17(9-26)31-21)16(14)8-13(11)7-12-2-4-15(5-3-12)22(23,24)25/h2-6,8,17-20,26-29H,7,9-10H2,1H3/t17-,18-,19+,20-,21?/m1/s1. The Bertz CT molecular complexity index is 959. The van der Waals surface area contributed by atoms with Crippen LogP contribution in [0.4, 0.5) is 13.2 Å². The lowest BCUT2D eigenvalue weighted by Gasteiger charge is -2.46. The van der Waals surface area contributed by atoms with Crippen molar-refractivity contribution in [3.63, 3.8) is 0 Å². The van der Waals surface area contributed by atoms with Crippen LogP contribution in [0.15, 0.2) is 36.4 Å². The number of ether oxygens (including phenoxy) is 2. The average molecular weight is 440 g/mol. The van der Waals surface area contributed by atoms with Gasteiger partial charge in [0.25, 0.3) is 0 Å². The second-order valence-corrected chi connectivity index (χ2v) is 8.03. The van der Waals surface area contributed by atoms with E-state index in [0.29, 0.717) is 23.1 Å². The highest BCUT2D eigenvalue weighted by molar-refractivity contribution is 5.45. The largest absolute Gasteiger partial charge is 0.416 e. The lowest BCUT2D eigenvalue weighted by Crippen LogP contribution is -2.63. The maximum absolute atomic E-state index is 12.8. The second-order valence-electron chi connectivity index (χ2n) is 8.03. The molecule has 2 aliphatic rings. The molecule has 168 valence electrons. The zero-order chi connectivity index (χ0) is 22.6. The Morgan fingerprint density at radius 3 is 2.35 bits per heavy atom. The summed E-state index contributed by atoms with van der Waals surface area (Å²) in [4.78, 5) is 0. The van der Waals surface area contributed by atoms with Gasteiger partial charge in [0.15, 0.2) is 0 Å². The van der Waals surface area contributed by atoms with Crippen LogP contribution in [0.25, 0.3) is 0 Å². The summed E-state index contributed by atoms with van der Waals surface area (Å²) in [5.74, 6) is -1.76. The minimum atomic E-state index is -4.41. The molecule has 2 heterocycles. The zero-order valence-electron chi connectivity index (χ0n) is 16.6. The lowest BCUT2D eigenvalue weighted by molar-refractivity contribution is -0.368. The number of hydrogen-bond donors (Lipinski definition) is 4. The highest BCUT2D eigenvalue weighted by atomic mass is 19.4. The Labute approximate surface area is 176 Å². The molecule has 1 fully saturated rings. The average Bonchev–Trinajstić information content (AvgIpc) is 3.07. The lowest BCUT2D eigenvalue weighted by atomic mass is 9.85. The number of fused-ring (bicyclic) bond motifs is 2. The topological polar surface area (TPSA) is 99.4 Å². The Hall–Kier alpha value is -2.01. The first-order valence-electron chi connectivity index (χ1n) is 9.82. The molecule has 4 N–H and O–H groups in total. The number of aliphatic hydroxyl groups excluding tert-OH is 4. The van der Waals surface area contributed by atoms with E-state index in [-0.39, 0.29) is 6.61 Å². The van der Waals surface area contributed by atoms with Gasteiger partial charge in [0.05, 0.1) is 18.8 Å². The van der Waals surface area contributed by atoms with E-state index in [1.165, 1.54) is 12.1 Å². The summed E-state index contributed by atoms with van der Waals surface area (Å²) in [5.41, 5.74) is 2.77. The van der Waals surface area contributed by atoms with E-state index in [1.807, 2.05) is 13.0 Å². The molecule has 2 aromatic carbocycles. The third-order valence-corrected chi connectivity index (χ3v) is 6.01. The van der Waals surface area contributed by atoms with Crippen molar-refractivity contribution in [2.45, 2.75) is 56.3 Å². The molecule has 31 heavy (non-hydrogen) atoms. The van der Waals surface area contributed by atoms with E-state index < -0.39 is 48.5 Å². The molecule has 2 aliphatic heterocycles. The Kier molecular flexibility index (Phi) is 5.61. The van der Waals surface area contributed by atoms with Crippen LogP contribution >= 0.6 is 0 Å². The third-order valence-electron chi connectivity index (χ3n) is 6.01. The van der Waals surface area contributed by atoms with Crippen LogP contribution in [0.5, 0.6) is 0 Å². The molecule has 0 aliphatic carbocycles. The number of alkyl halides is 3. The molecule has 6 nitrogen and oxygen atoms in total. The molecular formula is C22H23F3O6. The van der Waals surface area contributed by atoms with Gasteiger partial charge >= 0.3 is 6.18 Å². The monoisotopic (exact) mass is 440 g/mol. The summed E-state index contributed by atoms with van der Waals surface area (Å²) >= 11 is 0. The Balaban J connectivity index is 1.68. The highest BCUT2D eigenvalue weighted by Gasteiger charge is 2.58. The van der Waals surface area contributed by atoms with E-state index in [4.69, 9.17) is 9.47 Å². The number of rotatable bonds is 3. The van der Waals surface area contributed by atoms with Crippen LogP contribution in [-0.2, 0) is 34.5 Å². The van der Waals surface area contributed by atoms with Gasteiger partial charge in [-0.1, -0.05) is 18.2 Å². The first kappa shape index (κ1) is 22.2. The maximum atomic E-state index is 12.8. The predicted molar refractivity (Wildman–Crippen MR) is 102 cm³/mol. The maximum Gasteiger partial charge on any atom is 0.416 e. The first-order chi connectivity index (χ1) is 14.6. The van der Waals surface area contributed by atoms with E-state index in [1.54, 1.807) is 6.07 Å². The smallest absolute Gasteiger partial charge is 0.394 e. The van der Waals surface area contributed by atoms with E-state index in [9.17, 15) is 33.6 Å². The van der Waals surface area contributed by atoms with Gasteiger partial charge < -0.3 is 29.9 Å².